The molecule has 18 heavy (non-hydrogen) atoms. The Hall–Kier alpha value is -2.07. The van der Waals surface area contributed by atoms with Gasteiger partial charge in [-0.25, -0.2) is 0 Å². The zero-order valence-corrected chi connectivity index (χ0v) is 9.77. The van der Waals surface area contributed by atoms with Gasteiger partial charge in [0.2, 0.25) is 0 Å². The molecule has 0 aromatic heterocycles. The Balaban J connectivity index is 2.94. The van der Waals surface area contributed by atoms with Crippen molar-refractivity contribution >= 4 is 22.9 Å². The summed E-state index contributed by atoms with van der Waals surface area (Å²) >= 11 is 4.58. The molecule has 0 unspecified atom stereocenters. The second-order valence-electron chi connectivity index (χ2n) is 3.26. The average Bonchev–Trinajstić information content (AvgIpc) is 2.28. The van der Waals surface area contributed by atoms with Crippen molar-refractivity contribution in [3.63, 3.8) is 0 Å². The highest BCUT2D eigenvalue weighted by atomic mass is 32.1. The number of benzene rings is 1. The molecule has 0 saturated carbocycles. The van der Waals surface area contributed by atoms with Gasteiger partial charge in [-0.2, -0.15) is 18.4 Å². The molecule has 0 bridgehead atoms. The lowest BCUT2D eigenvalue weighted by Crippen LogP contribution is -2.11. The molecule has 1 rings (SSSR count). The molecule has 0 spiro atoms. The van der Waals surface area contributed by atoms with Crippen LogP contribution in [0.2, 0.25) is 0 Å². The molecule has 0 saturated heterocycles. The lowest BCUT2D eigenvalue weighted by Gasteiger charge is -2.08. The zero-order valence-electron chi connectivity index (χ0n) is 8.95. The van der Waals surface area contributed by atoms with Gasteiger partial charge in [0, 0.05) is 11.9 Å². The molecule has 0 aliphatic carbocycles. The summed E-state index contributed by atoms with van der Waals surface area (Å²) in [6, 6.07) is 6.29. The maximum Gasteiger partial charge on any atom is 0.416 e. The fraction of sp³-hybridized carbons (Fsp3) is 0.0909. The molecule has 0 heterocycles. The Morgan fingerprint density at radius 2 is 2.11 bits per heavy atom. The van der Waals surface area contributed by atoms with E-state index in [9.17, 15) is 13.2 Å². The number of nitrogens with zero attached hydrogens (tertiary/aromatic N) is 1. The van der Waals surface area contributed by atoms with Gasteiger partial charge in [0.1, 0.15) is 16.6 Å². The number of nitrogens with two attached hydrogens (primary N) is 1. The molecule has 0 aliphatic rings. The number of hydrogen-bond acceptors (Lipinski definition) is 3. The van der Waals surface area contributed by atoms with Crippen LogP contribution in [0.25, 0.3) is 0 Å². The highest BCUT2D eigenvalue weighted by molar-refractivity contribution is 7.80. The Morgan fingerprint density at radius 1 is 1.44 bits per heavy atom. The summed E-state index contributed by atoms with van der Waals surface area (Å²) in [6.45, 7) is 0. The molecule has 3 nitrogen and oxygen atoms in total. The van der Waals surface area contributed by atoms with E-state index in [0.717, 1.165) is 18.3 Å². The highest BCUT2D eigenvalue weighted by Gasteiger charge is 2.30. The van der Waals surface area contributed by atoms with E-state index in [-0.39, 0.29) is 16.2 Å². The smallest absolute Gasteiger partial charge is 0.389 e. The Bertz CT molecular complexity index is 529. The van der Waals surface area contributed by atoms with Crippen LogP contribution in [0.4, 0.5) is 18.9 Å². The third-order valence-electron chi connectivity index (χ3n) is 1.96. The van der Waals surface area contributed by atoms with Crippen molar-refractivity contribution in [3.05, 3.63) is 41.6 Å². The van der Waals surface area contributed by atoms with Gasteiger partial charge >= 0.3 is 6.18 Å². The summed E-state index contributed by atoms with van der Waals surface area (Å²) in [7, 11) is 0. The van der Waals surface area contributed by atoms with Crippen molar-refractivity contribution in [2.75, 3.05) is 5.32 Å². The van der Waals surface area contributed by atoms with Crippen LogP contribution in [0.1, 0.15) is 5.56 Å². The Kier molecular flexibility index (Phi) is 4.28. The van der Waals surface area contributed by atoms with E-state index in [2.05, 4.69) is 17.5 Å². The topological polar surface area (TPSA) is 61.8 Å². The Morgan fingerprint density at radius 3 is 2.61 bits per heavy atom. The van der Waals surface area contributed by atoms with Crippen molar-refractivity contribution in [1.82, 2.24) is 0 Å². The lowest BCUT2D eigenvalue weighted by molar-refractivity contribution is -0.137. The second-order valence-corrected chi connectivity index (χ2v) is 3.70. The predicted molar refractivity (Wildman–Crippen MR) is 65.5 cm³/mol. The van der Waals surface area contributed by atoms with Gasteiger partial charge in [0.15, 0.2) is 0 Å². The fourth-order valence-corrected chi connectivity index (χ4v) is 1.20. The van der Waals surface area contributed by atoms with E-state index in [4.69, 9.17) is 11.0 Å². The molecule has 1 aromatic carbocycles. The van der Waals surface area contributed by atoms with Gasteiger partial charge < -0.3 is 11.1 Å². The van der Waals surface area contributed by atoms with Crippen LogP contribution >= 0.6 is 12.2 Å². The first-order valence-corrected chi connectivity index (χ1v) is 5.09. The van der Waals surface area contributed by atoms with Crippen LogP contribution in [0.5, 0.6) is 0 Å². The van der Waals surface area contributed by atoms with E-state index in [1.807, 2.05) is 0 Å². The van der Waals surface area contributed by atoms with Crippen LogP contribution < -0.4 is 11.1 Å². The summed E-state index contributed by atoms with van der Waals surface area (Å²) in [5.41, 5.74) is 4.63. The minimum atomic E-state index is -4.41. The van der Waals surface area contributed by atoms with Crippen LogP contribution in [-0.2, 0) is 6.18 Å². The number of anilines is 1. The summed E-state index contributed by atoms with van der Waals surface area (Å²) in [5, 5.41) is 11.2. The number of rotatable bonds is 3. The normalized spacial score (nSPS) is 11.8. The number of halogens is 3. The first-order chi connectivity index (χ1) is 8.34. The minimum Gasteiger partial charge on any atom is -0.389 e. The molecule has 0 radical (unpaired) electrons. The first kappa shape index (κ1) is 14.0. The second kappa shape index (κ2) is 5.51. The number of nitriles is 1. The van der Waals surface area contributed by atoms with Crippen molar-refractivity contribution in [2.45, 2.75) is 6.18 Å². The van der Waals surface area contributed by atoms with Crippen molar-refractivity contribution < 1.29 is 13.2 Å². The van der Waals surface area contributed by atoms with Gasteiger partial charge in [0.25, 0.3) is 0 Å². The van der Waals surface area contributed by atoms with Crippen LogP contribution in [-0.4, -0.2) is 4.99 Å². The van der Waals surface area contributed by atoms with Crippen LogP contribution in [0.15, 0.2) is 36.0 Å². The summed E-state index contributed by atoms with van der Waals surface area (Å²) in [5.74, 6) is 0. The number of hydrogen-bond donors (Lipinski definition) is 2. The molecular formula is C11H8F3N3S. The standard InChI is InChI=1S/C11H8F3N3S/c12-11(13,14)8-2-1-3-9(4-8)17-6-7(5-15)10(16)18/h1-4,6,17H,(H2,16,18). The maximum atomic E-state index is 12.4. The molecule has 3 N–H and O–H groups in total. The van der Waals surface area contributed by atoms with Crippen molar-refractivity contribution in [1.29, 1.82) is 5.26 Å². The average molecular weight is 271 g/mol. The van der Waals surface area contributed by atoms with Gasteiger partial charge in [-0.15, -0.1) is 0 Å². The van der Waals surface area contributed by atoms with Gasteiger partial charge in [0.05, 0.1) is 5.56 Å². The summed E-state index contributed by atoms with van der Waals surface area (Å²) in [6.07, 6.45) is -3.25. The lowest BCUT2D eigenvalue weighted by atomic mass is 10.2. The molecule has 0 amide bonds. The highest BCUT2D eigenvalue weighted by Crippen LogP contribution is 2.30. The van der Waals surface area contributed by atoms with E-state index in [1.54, 1.807) is 6.07 Å². The van der Waals surface area contributed by atoms with E-state index in [0.29, 0.717) is 0 Å². The van der Waals surface area contributed by atoms with E-state index in [1.165, 1.54) is 12.1 Å². The molecule has 0 atom stereocenters. The predicted octanol–water partition coefficient (Wildman–Crippen LogP) is 2.81. The van der Waals surface area contributed by atoms with Gasteiger partial charge in [-0.3, -0.25) is 0 Å². The van der Waals surface area contributed by atoms with Gasteiger partial charge in [-0.05, 0) is 18.2 Å². The molecular weight excluding hydrogens is 263 g/mol. The maximum absolute atomic E-state index is 12.4. The van der Waals surface area contributed by atoms with Gasteiger partial charge in [-0.1, -0.05) is 18.3 Å². The molecule has 7 heteroatoms. The quantitative estimate of drug-likeness (QED) is 0.504. The third-order valence-corrected chi connectivity index (χ3v) is 2.18. The fourth-order valence-electron chi connectivity index (χ4n) is 1.10. The number of nitrogens with one attached hydrogen (secondary N) is 1. The van der Waals surface area contributed by atoms with E-state index < -0.39 is 11.7 Å². The minimum absolute atomic E-state index is 0.0117. The third kappa shape index (κ3) is 3.75. The molecule has 1 aromatic rings. The first-order valence-electron chi connectivity index (χ1n) is 4.68. The molecule has 94 valence electrons. The molecule has 0 aliphatic heterocycles. The van der Waals surface area contributed by atoms with Crippen molar-refractivity contribution in [3.8, 4) is 6.07 Å². The largest absolute Gasteiger partial charge is 0.416 e. The monoisotopic (exact) mass is 271 g/mol. The Labute approximate surface area is 107 Å². The van der Waals surface area contributed by atoms with Crippen molar-refractivity contribution in [2.24, 2.45) is 5.73 Å². The SMILES string of the molecule is N#CC(=CNc1cccc(C(F)(F)F)c1)C(N)=S. The summed E-state index contributed by atoms with van der Waals surface area (Å²) < 4.78 is 37.3. The summed E-state index contributed by atoms with van der Waals surface area (Å²) in [4.78, 5) is -0.128. The van der Waals surface area contributed by atoms with Crippen LogP contribution in [0.3, 0.4) is 0 Å². The number of thiocarbonyl (C=S) groups is 1. The molecule has 0 fully saturated rings. The number of alkyl halides is 3. The van der Waals surface area contributed by atoms with E-state index >= 15 is 0 Å². The van der Waals surface area contributed by atoms with Crippen LogP contribution in [0, 0.1) is 11.3 Å². The zero-order chi connectivity index (χ0) is 13.8.